The summed E-state index contributed by atoms with van der Waals surface area (Å²) in [5, 5.41) is 33.3. The summed E-state index contributed by atoms with van der Waals surface area (Å²) in [6.45, 7) is 2.56. The molecule has 0 spiro atoms. The van der Waals surface area contributed by atoms with Crippen molar-refractivity contribution in [1.29, 1.82) is 0 Å². The van der Waals surface area contributed by atoms with E-state index in [0.29, 0.717) is 12.4 Å². The number of benzene rings is 2. The van der Waals surface area contributed by atoms with E-state index in [1.165, 1.54) is 0 Å². The second-order valence-corrected chi connectivity index (χ2v) is 5.62. The smallest absolute Gasteiger partial charge is 0.652 e. The molecule has 2 aromatic rings. The van der Waals surface area contributed by atoms with Gasteiger partial charge in [-0.2, -0.15) is 0 Å². The van der Waals surface area contributed by atoms with Gasteiger partial charge in [-0.25, -0.2) is 4.79 Å². The summed E-state index contributed by atoms with van der Waals surface area (Å²) in [7, 11) is 0. The molecule has 2 rings (SSSR count). The Morgan fingerprint density at radius 3 is 1.84 bits per heavy atom. The molecule has 0 saturated heterocycles. The molecule has 0 unspecified atom stereocenters. The Balaban J connectivity index is 0. The van der Waals surface area contributed by atoms with Crippen molar-refractivity contribution in [3.63, 3.8) is 0 Å². The largest absolute Gasteiger partial charge is 4.00 e. The van der Waals surface area contributed by atoms with Crippen LogP contribution in [-0.4, -0.2) is 25.1 Å². The molecular weight excluding hydrogens is 640 g/mol. The molecule has 0 fully saturated rings. The minimum absolute atomic E-state index is 0. The van der Waals surface area contributed by atoms with Crippen LogP contribution in [0.25, 0.3) is 11.1 Å². The molecule has 0 radical (unpaired) electrons. The first-order valence-corrected chi connectivity index (χ1v) is 9.03. The fourth-order valence-electron chi connectivity index (χ4n) is 2.22. The zero-order valence-corrected chi connectivity index (χ0v) is 20.2. The fraction of sp³-hybridized carbons (Fsp3) is 0.286. The Kier molecular flexibility index (Phi) is 18.9. The second-order valence-electron chi connectivity index (χ2n) is 5.62. The van der Waals surface area contributed by atoms with Gasteiger partial charge in [0, 0.05) is 5.56 Å². The maximum Gasteiger partial charge on any atom is 4.00 e. The zero-order valence-electron chi connectivity index (χ0n) is 16.8. The average molecular weight is 662 g/mol. The predicted octanol–water partition coefficient (Wildman–Crippen LogP) is 0.555. The summed E-state index contributed by atoms with van der Waals surface area (Å²) in [6.07, 6.45) is -1.03. The normalized spacial score (nSPS) is 8.81. The molecule has 0 heterocycles. The molecule has 0 aliphatic rings. The van der Waals surface area contributed by atoms with Gasteiger partial charge < -0.3 is 39.5 Å². The standard InChI is InChI=1S/C19H22O3.2CH2O3.Pu/c1-2-3-4-10-15-21-19(20)22-18-14-9-8-13-17(18)16-11-6-5-7-12-16;2*2-1(3)4;/h5-9,11-14H,2-4,10,15H2,1H3;2*(H2,2,3,4);/q;;;+4/p-4. The van der Waals surface area contributed by atoms with E-state index in [4.69, 9.17) is 39.5 Å². The summed E-state index contributed by atoms with van der Waals surface area (Å²) >= 11 is 0. The third kappa shape index (κ3) is 17.8. The van der Waals surface area contributed by atoms with Crippen LogP contribution in [0.1, 0.15) is 32.6 Å². The van der Waals surface area contributed by atoms with E-state index in [2.05, 4.69) is 6.92 Å². The molecule has 0 aliphatic carbocycles. The molecule has 2 aromatic carbocycles. The Morgan fingerprint density at radius 2 is 1.29 bits per heavy atom. The van der Waals surface area contributed by atoms with Crippen molar-refractivity contribution in [2.45, 2.75) is 32.6 Å². The van der Waals surface area contributed by atoms with Crippen LogP contribution in [0.2, 0.25) is 0 Å². The van der Waals surface area contributed by atoms with Crippen LogP contribution >= 0.6 is 0 Å². The van der Waals surface area contributed by atoms with Gasteiger partial charge in [-0.05, 0) is 30.4 Å². The van der Waals surface area contributed by atoms with Crippen LogP contribution in [0.15, 0.2) is 54.6 Å². The topological polar surface area (TPSA) is 162 Å². The molecule has 31 heavy (non-hydrogen) atoms. The van der Waals surface area contributed by atoms with Gasteiger partial charge in [0.15, 0.2) is 0 Å². The van der Waals surface area contributed by atoms with Crippen LogP contribution < -0.4 is 25.2 Å². The maximum atomic E-state index is 11.8. The van der Waals surface area contributed by atoms with Crippen molar-refractivity contribution in [2.75, 3.05) is 6.61 Å². The predicted molar refractivity (Wildman–Crippen MR) is 98.8 cm³/mol. The Hall–Kier alpha value is -2.76. The number of carbonyl (C=O) groups is 3. The van der Waals surface area contributed by atoms with Gasteiger partial charge in [-0.15, -0.1) is 0 Å². The van der Waals surface area contributed by atoms with Gasteiger partial charge >= 0.3 is 35.3 Å². The van der Waals surface area contributed by atoms with E-state index < -0.39 is 18.5 Å². The fourth-order valence-corrected chi connectivity index (χ4v) is 2.22. The number of ether oxygens (including phenoxy) is 2. The van der Waals surface area contributed by atoms with Crippen molar-refractivity contribution in [3.8, 4) is 16.9 Å². The first-order chi connectivity index (χ1) is 14.3. The van der Waals surface area contributed by atoms with E-state index in [0.717, 1.165) is 36.8 Å². The molecule has 0 aromatic heterocycles. The molecule has 0 aliphatic heterocycles. The zero-order chi connectivity index (χ0) is 22.8. The van der Waals surface area contributed by atoms with Gasteiger partial charge in [0.25, 0.3) is 0 Å². The maximum absolute atomic E-state index is 11.8. The SMILES string of the molecule is CCCCCCOC(=O)Oc1ccccc1-c1ccccc1.O=C([O-])[O-].O=C([O-])[O-].[Pu+4]. The third-order valence-corrected chi connectivity index (χ3v) is 3.38. The van der Waals surface area contributed by atoms with Crippen molar-refractivity contribution in [3.05, 3.63) is 54.6 Å². The minimum Gasteiger partial charge on any atom is -0.652 e. The summed E-state index contributed by atoms with van der Waals surface area (Å²) < 4.78 is 10.5. The van der Waals surface area contributed by atoms with E-state index >= 15 is 0 Å². The summed E-state index contributed by atoms with van der Waals surface area (Å²) in [6, 6.07) is 17.3. The first-order valence-electron chi connectivity index (χ1n) is 9.03. The van der Waals surface area contributed by atoms with E-state index in [9.17, 15) is 4.79 Å². The van der Waals surface area contributed by atoms with Crippen LogP contribution in [0, 0.1) is 29.2 Å². The third-order valence-electron chi connectivity index (χ3n) is 3.38. The number of carbonyl (C=O) groups excluding carboxylic acids is 3. The molecule has 9 nitrogen and oxygen atoms in total. The van der Waals surface area contributed by atoms with Crippen molar-refractivity contribution < 1.29 is 73.5 Å². The molecular formula is C21H22O9Pu. The van der Waals surface area contributed by atoms with Gasteiger partial charge in [0.2, 0.25) is 0 Å². The van der Waals surface area contributed by atoms with Crippen molar-refractivity contribution >= 4 is 18.5 Å². The molecule has 10 heteroatoms. The van der Waals surface area contributed by atoms with Crippen molar-refractivity contribution in [2.24, 2.45) is 0 Å². The number of hydrogen-bond acceptors (Lipinski definition) is 9. The van der Waals surface area contributed by atoms with Gasteiger partial charge in [0.1, 0.15) is 5.75 Å². The van der Waals surface area contributed by atoms with Crippen LogP contribution in [0.4, 0.5) is 14.4 Å². The molecule has 166 valence electrons. The van der Waals surface area contributed by atoms with Crippen molar-refractivity contribution in [1.82, 2.24) is 0 Å². The minimum atomic E-state index is -2.33. The summed E-state index contributed by atoms with van der Waals surface area (Å²) in [5.74, 6) is 0.521. The van der Waals surface area contributed by atoms with Gasteiger partial charge in [0.05, 0.1) is 6.61 Å². The number of rotatable bonds is 7. The Bertz CT molecular complexity index is 746. The summed E-state index contributed by atoms with van der Waals surface area (Å²) in [5.41, 5.74) is 1.89. The van der Waals surface area contributed by atoms with Gasteiger partial charge in [-0.3, -0.25) is 0 Å². The molecule has 0 saturated carbocycles. The van der Waals surface area contributed by atoms with E-state index in [-0.39, 0.29) is 29.2 Å². The van der Waals surface area contributed by atoms with E-state index in [1.54, 1.807) is 6.07 Å². The first kappa shape index (κ1) is 30.4. The molecule has 0 atom stereocenters. The van der Waals surface area contributed by atoms with Crippen LogP contribution in [0.5, 0.6) is 5.75 Å². The number of para-hydroxylation sites is 1. The van der Waals surface area contributed by atoms with Crippen LogP contribution in [-0.2, 0) is 4.74 Å². The van der Waals surface area contributed by atoms with Gasteiger partial charge in [-0.1, -0.05) is 74.7 Å². The quantitative estimate of drug-likeness (QED) is 0.234. The Labute approximate surface area is 202 Å². The molecule has 0 bridgehead atoms. The molecule has 0 N–H and O–H groups in total. The summed E-state index contributed by atoms with van der Waals surface area (Å²) in [4.78, 5) is 28.5. The second kappa shape index (κ2) is 19.2. The molecule has 0 amide bonds. The van der Waals surface area contributed by atoms with E-state index in [1.807, 2.05) is 48.5 Å². The Morgan fingerprint density at radius 1 is 0.774 bits per heavy atom. The number of unbranched alkanes of at least 4 members (excludes halogenated alkanes) is 3. The number of hydrogen-bond donors (Lipinski definition) is 0. The van der Waals surface area contributed by atoms with Crippen LogP contribution in [0.3, 0.4) is 0 Å². The average Bonchev–Trinajstić information content (AvgIpc) is 2.68. The number of carboxylic acid groups (broad SMARTS) is 4. The monoisotopic (exact) mass is 656 g/mol.